The first-order valence-electron chi connectivity index (χ1n) is 5.85. The molecule has 2 atom stereocenters. The molecule has 2 N–H and O–H groups in total. The van der Waals surface area contributed by atoms with E-state index in [1.165, 1.54) is 0 Å². The molecular formula is C13H15BrClNO3. The maximum atomic E-state index is 12.1. The molecule has 104 valence electrons. The van der Waals surface area contributed by atoms with Gasteiger partial charge in [-0.15, -0.1) is 0 Å². The number of nitrogens with one attached hydrogen (secondary N) is 1. The number of aliphatic carboxylic acids is 1. The van der Waals surface area contributed by atoms with Crippen molar-refractivity contribution in [1.82, 2.24) is 5.32 Å². The van der Waals surface area contributed by atoms with Gasteiger partial charge in [0, 0.05) is 9.50 Å². The lowest BCUT2D eigenvalue weighted by Gasteiger charge is -2.20. The van der Waals surface area contributed by atoms with Crippen LogP contribution in [0.3, 0.4) is 0 Å². The molecule has 0 spiro atoms. The smallest absolute Gasteiger partial charge is 0.326 e. The van der Waals surface area contributed by atoms with Crippen LogP contribution >= 0.6 is 27.5 Å². The van der Waals surface area contributed by atoms with E-state index >= 15 is 0 Å². The molecule has 0 bridgehead atoms. The van der Waals surface area contributed by atoms with Crippen LogP contribution in [0.5, 0.6) is 0 Å². The Bertz CT molecular complexity index is 493. The average molecular weight is 349 g/mol. The minimum atomic E-state index is -1.03. The minimum absolute atomic E-state index is 0.146. The van der Waals surface area contributed by atoms with E-state index in [1.54, 1.807) is 25.1 Å². The quantitative estimate of drug-likeness (QED) is 0.857. The van der Waals surface area contributed by atoms with Crippen molar-refractivity contribution in [1.29, 1.82) is 0 Å². The van der Waals surface area contributed by atoms with Gasteiger partial charge in [-0.3, -0.25) is 4.79 Å². The topological polar surface area (TPSA) is 66.4 Å². The second kappa shape index (κ2) is 6.91. The van der Waals surface area contributed by atoms with Gasteiger partial charge in [-0.1, -0.05) is 31.9 Å². The highest BCUT2D eigenvalue weighted by Crippen LogP contribution is 2.22. The predicted octanol–water partition coefficient (Wildman–Crippen LogP) is 3.33. The van der Waals surface area contributed by atoms with Gasteiger partial charge in [0.05, 0.1) is 5.56 Å². The summed E-state index contributed by atoms with van der Waals surface area (Å²) in [6, 6.07) is 3.83. The van der Waals surface area contributed by atoms with Gasteiger partial charge >= 0.3 is 5.97 Å². The maximum Gasteiger partial charge on any atom is 0.326 e. The minimum Gasteiger partial charge on any atom is -0.480 e. The highest BCUT2D eigenvalue weighted by atomic mass is 79.9. The van der Waals surface area contributed by atoms with Crippen LogP contribution in [0.15, 0.2) is 22.7 Å². The van der Waals surface area contributed by atoms with Crippen molar-refractivity contribution in [3.05, 3.63) is 33.3 Å². The number of carbonyl (C=O) groups excluding carboxylic acids is 1. The molecule has 1 aromatic carbocycles. The van der Waals surface area contributed by atoms with Crippen LogP contribution in [0.4, 0.5) is 0 Å². The standard InChI is InChI=1S/C13H15BrClNO3/c1-3-7(2)11(13(18)19)16-12(17)9-5-4-8(15)6-10(9)14/h4-7,11H,3H2,1-2H3,(H,16,17)(H,18,19)/t7-,11-/m0/s1. The summed E-state index contributed by atoms with van der Waals surface area (Å²) < 4.78 is 0.533. The molecule has 0 fully saturated rings. The number of carboxylic acids is 1. The van der Waals surface area contributed by atoms with Gasteiger partial charge in [0.25, 0.3) is 5.91 Å². The lowest BCUT2D eigenvalue weighted by molar-refractivity contribution is -0.140. The monoisotopic (exact) mass is 347 g/mol. The van der Waals surface area contributed by atoms with Crippen molar-refractivity contribution in [2.45, 2.75) is 26.3 Å². The third kappa shape index (κ3) is 4.21. The SMILES string of the molecule is CC[C@H](C)[C@H](NC(=O)c1ccc(Cl)cc1Br)C(=O)O. The Morgan fingerprint density at radius 1 is 1.47 bits per heavy atom. The van der Waals surface area contributed by atoms with E-state index in [0.717, 1.165) is 0 Å². The van der Waals surface area contributed by atoms with E-state index < -0.39 is 17.9 Å². The molecule has 1 amide bonds. The zero-order chi connectivity index (χ0) is 14.6. The molecule has 0 aliphatic heterocycles. The van der Waals surface area contributed by atoms with Crippen LogP contribution in [-0.4, -0.2) is 23.0 Å². The summed E-state index contributed by atoms with van der Waals surface area (Å²) >= 11 is 9.03. The number of hydrogen-bond acceptors (Lipinski definition) is 2. The van der Waals surface area contributed by atoms with Crippen molar-refractivity contribution in [2.24, 2.45) is 5.92 Å². The Hall–Kier alpha value is -1.07. The van der Waals surface area contributed by atoms with Crippen molar-refractivity contribution in [2.75, 3.05) is 0 Å². The molecule has 6 heteroatoms. The van der Waals surface area contributed by atoms with Crippen LogP contribution in [0.2, 0.25) is 5.02 Å². The Balaban J connectivity index is 2.91. The van der Waals surface area contributed by atoms with Crippen LogP contribution in [0.1, 0.15) is 30.6 Å². The molecule has 0 heterocycles. The molecular weight excluding hydrogens is 334 g/mol. The third-order valence-electron chi connectivity index (χ3n) is 2.94. The Labute approximate surface area is 125 Å². The summed E-state index contributed by atoms with van der Waals surface area (Å²) in [6.45, 7) is 3.67. The molecule has 0 aromatic heterocycles. The number of carbonyl (C=O) groups is 2. The number of rotatable bonds is 5. The van der Waals surface area contributed by atoms with Gasteiger partial charge in [-0.25, -0.2) is 4.79 Å². The van der Waals surface area contributed by atoms with Gasteiger partial charge in [-0.05, 0) is 40.0 Å². The lowest BCUT2D eigenvalue weighted by atomic mass is 9.99. The number of halogens is 2. The molecule has 1 rings (SSSR count). The van der Waals surface area contributed by atoms with Crippen LogP contribution in [-0.2, 0) is 4.79 Å². The average Bonchev–Trinajstić information content (AvgIpc) is 2.34. The van der Waals surface area contributed by atoms with E-state index in [9.17, 15) is 9.59 Å². The number of hydrogen-bond donors (Lipinski definition) is 2. The van der Waals surface area contributed by atoms with Gasteiger partial charge < -0.3 is 10.4 Å². The molecule has 0 aliphatic rings. The molecule has 0 radical (unpaired) electrons. The Kier molecular flexibility index (Phi) is 5.82. The van der Waals surface area contributed by atoms with Crippen molar-refractivity contribution in [3.63, 3.8) is 0 Å². The summed E-state index contributed by atoms with van der Waals surface area (Å²) in [6.07, 6.45) is 0.666. The van der Waals surface area contributed by atoms with E-state index in [-0.39, 0.29) is 5.92 Å². The molecule has 0 aliphatic carbocycles. The largest absolute Gasteiger partial charge is 0.480 e. The summed E-state index contributed by atoms with van der Waals surface area (Å²) in [4.78, 5) is 23.2. The second-order valence-electron chi connectivity index (χ2n) is 4.30. The fourth-order valence-electron chi connectivity index (χ4n) is 1.58. The Morgan fingerprint density at radius 3 is 2.58 bits per heavy atom. The molecule has 0 unspecified atom stereocenters. The van der Waals surface area contributed by atoms with E-state index in [0.29, 0.717) is 21.5 Å². The first kappa shape index (κ1) is 16.0. The molecule has 19 heavy (non-hydrogen) atoms. The molecule has 4 nitrogen and oxygen atoms in total. The fourth-order valence-corrected chi connectivity index (χ4v) is 2.44. The summed E-state index contributed by atoms with van der Waals surface area (Å²) in [5.41, 5.74) is 0.360. The van der Waals surface area contributed by atoms with E-state index in [2.05, 4.69) is 21.2 Å². The highest BCUT2D eigenvalue weighted by Gasteiger charge is 2.26. The lowest BCUT2D eigenvalue weighted by Crippen LogP contribution is -2.45. The Morgan fingerprint density at radius 2 is 2.11 bits per heavy atom. The second-order valence-corrected chi connectivity index (χ2v) is 5.59. The zero-order valence-corrected chi connectivity index (χ0v) is 13.0. The molecule has 1 aromatic rings. The van der Waals surface area contributed by atoms with Gasteiger partial charge in [0.1, 0.15) is 6.04 Å². The van der Waals surface area contributed by atoms with Crippen molar-refractivity contribution >= 4 is 39.4 Å². The normalized spacial score (nSPS) is 13.7. The van der Waals surface area contributed by atoms with Gasteiger partial charge in [-0.2, -0.15) is 0 Å². The zero-order valence-electron chi connectivity index (χ0n) is 10.6. The predicted molar refractivity (Wildman–Crippen MR) is 77.5 cm³/mol. The fraction of sp³-hybridized carbons (Fsp3) is 0.385. The summed E-state index contributed by atoms with van der Waals surface area (Å²) in [5, 5.41) is 12.2. The van der Waals surface area contributed by atoms with Crippen LogP contribution in [0.25, 0.3) is 0 Å². The van der Waals surface area contributed by atoms with E-state index in [1.807, 2.05) is 6.92 Å². The number of benzene rings is 1. The van der Waals surface area contributed by atoms with Gasteiger partial charge in [0.2, 0.25) is 0 Å². The summed E-state index contributed by atoms with van der Waals surface area (Å²) in [7, 11) is 0. The highest BCUT2D eigenvalue weighted by molar-refractivity contribution is 9.10. The maximum absolute atomic E-state index is 12.1. The summed E-state index contributed by atoms with van der Waals surface area (Å²) in [5.74, 6) is -1.61. The number of amides is 1. The molecule has 0 saturated carbocycles. The van der Waals surface area contributed by atoms with Crippen LogP contribution in [0, 0.1) is 5.92 Å². The van der Waals surface area contributed by atoms with Crippen LogP contribution < -0.4 is 5.32 Å². The first-order valence-corrected chi connectivity index (χ1v) is 7.02. The molecule has 0 saturated heterocycles. The van der Waals surface area contributed by atoms with Gasteiger partial charge in [0.15, 0.2) is 0 Å². The first-order chi connectivity index (χ1) is 8.86. The van der Waals surface area contributed by atoms with E-state index in [4.69, 9.17) is 16.7 Å². The van der Waals surface area contributed by atoms with Crippen molar-refractivity contribution in [3.8, 4) is 0 Å². The third-order valence-corrected chi connectivity index (χ3v) is 3.83. The number of carboxylic acid groups (broad SMARTS) is 1. The van der Waals surface area contributed by atoms with Crippen molar-refractivity contribution < 1.29 is 14.7 Å².